The molecule has 18 heavy (non-hydrogen) atoms. The zero-order valence-electron chi connectivity index (χ0n) is 10.8. The minimum absolute atomic E-state index is 0.0678. The first-order valence-corrected chi connectivity index (χ1v) is 6.83. The van der Waals surface area contributed by atoms with E-state index >= 15 is 0 Å². The number of aliphatic carboxylic acids is 1. The number of hydrogen-bond donors (Lipinski definition) is 2. The van der Waals surface area contributed by atoms with Crippen molar-refractivity contribution in [1.82, 2.24) is 4.90 Å². The summed E-state index contributed by atoms with van der Waals surface area (Å²) in [6.07, 6.45) is 3.76. The summed E-state index contributed by atoms with van der Waals surface area (Å²) in [5.74, 6) is -0.621. The molecule has 2 fully saturated rings. The Hall–Kier alpha value is -1.10. The van der Waals surface area contributed by atoms with Crippen LogP contribution in [0.2, 0.25) is 0 Å². The third kappa shape index (κ3) is 2.11. The Balaban J connectivity index is 2.17. The normalized spacial score (nSPS) is 32.3. The van der Waals surface area contributed by atoms with E-state index in [1.54, 1.807) is 4.90 Å². The maximum atomic E-state index is 12.3. The molecule has 2 rings (SSSR count). The Labute approximate surface area is 107 Å². The fraction of sp³-hybridized carbons (Fsp3) is 0.846. The van der Waals surface area contributed by atoms with E-state index in [9.17, 15) is 14.7 Å². The summed E-state index contributed by atoms with van der Waals surface area (Å²) in [5, 5.41) is 9.38. The molecule has 0 spiro atoms. The number of likely N-dealkylation sites (tertiary alicyclic amines) is 1. The molecule has 5 heteroatoms. The van der Waals surface area contributed by atoms with Gasteiger partial charge in [0.2, 0.25) is 5.91 Å². The van der Waals surface area contributed by atoms with Crippen molar-refractivity contribution >= 4 is 11.9 Å². The lowest BCUT2D eigenvalue weighted by atomic mass is 9.94. The van der Waals surface area contributed by atoms with Crippen molar-refractivity contribution in [3.63, 3.8) is 0 Å². The lowest BCUT2D eigenvalue weighted by molar-refractivity contribution is -0.151. The lowest BCUT2D eigenvalue weighted by Gasteiger charge is -2.27. The molecule has 1 amide bonds. The third-order valence-corrected chi connectivity index (χ3v) is 4.55. The molecule has 0 bridgehead atoms. The topological polar surface area (TPSA) is 83.6 Å². The van der Waals surface area contributed by atoms with E-state index in [4.69, 9.17) is 5.73 Å². The van der Waals surface area contributed by atoms with Gasteiger partial charge in [-0.15, -0.1) is 0 Å². The first-order chi connectivity index (χ1) is 8.60. The summed E-state index contributed by atoms with van der Waals surface area (Å²) >= 11 is 0. The van der Waals surface area contributed by atoms with Crippen LogP contribution in [0.3, 0.4) is 0 Å². The van der Waals surface area contributed by atoms with E-state index in [2.05, 4.69) is 0 Å². The number of fused-ring (bicyclic) bond motifs is 1. The minimum atomic E-state index is -0.857. The maximum absolute atomic E-state index is 12.3. The molecule has 4 unspecified atom stereocenters. The highest BCUT2D eigenvalue weighted by atomic mass is 16.4. The standard InChI is InChI=1S/C13H22N2O3/c1-2-8(6-14)12(16)15-7-9-4-3-5-10(9)11(15)13(17)18/h8-11H,2-7,14H2,1H3,(H,17,18). The van der Waals surface area contributed by atoms with E-state index in [0.717, 1.165) is 19.3 Å². The van der Waals surface area contributed by atoms with Crippen molar-refractivity contribution in [2.24, 2.45) is 23.5 Å². The van der Waals surface area contributed by atoms with Gasteiger partial charge in [0.1, 0.15) is 6.04 Å². The van der Waals surface area contributed by atoms with Crippen molar-refractivity contribution in [1.29, 1.82) is 0 Å². The molecule has 102 valence electrons. The van der Waals surface area contributed by atoms with Gasteiger partial charge in [0, 0.05) is 13.1 Å². The summed E-state index contributed by atoms with van der Waals surface area (Å²) in [4.78, 5) is 25.4. The molecular formula is C13H22N2O3. The minimum Gasteiger partial charge on any atom is -0.480 e. The van der Waals surface area contributed by atoms with Crippen molar-refractivity contribution < 1.29 is 14.7 Å². The number of hydrogen-bond acceptors (Lipinski definition) is 3. The van der Waals surface area contributed by atoms with Gasteiger partial charge in [-0.2, -0.15) is 0 Å². The van der Waals surface area contributed by atoms with Crippen LogP contribution in [0.1, 0.15) is 32.6 Å². The van der Waals surface area contributed by atoms with Crippen LogP contribution < -0.4 is 5.73 Å². The van der Waals surface area contributed by atoms with Crippen molar-refractivity contribution in [3.8, 4) is 0 Å². The average Bonchev–Trinajstić information content (AvgIpc) is 2.88. The number of carbonyl (C=O) groups excluding carboxylic acids is 1. The Kier molecular flexibility index (Phi) is 3.90. The Bertz CT molecular complexity index is 341. The number of rotatable bonds is 4. The van der Waals surface area contributed by atoms with Gasteiger partial charge in [-0.25, -0.2) is 4.79 Å². The number of nitrogens with two attached hydrogens (primary N) is 1. The molecule has 0 aromatic heterocycles. The van der Waals surface area contributed by atoms with Gasteiger partial charge >= 0.3 is 5.97 Å². The molecule has 5 nitrogen and oxygen atoms in total. The van der Waals surface area contributed by atoms with Gasteiger partial charge in [-0.05, 0) is 31.1 Å². The molecule has 1 aliphatic heterocycles. The summed E-state index contributed by atoms with van der Waals surface area (Å²) in [5.41, 5.74) is 5.59. The second kappa shape index (κ2) is 5.26. The van der Waals surface area contributed by atoms with Gasteiger partial charge in [0.05, 0.1) is 5.92 Å². The van der Waals surface area contributed by atoms with Crippen molar-refractivity contribution in [2.75, 3.05) is 13.1 Å². The van der Waals surface area contributed by atoms with Gasteiger partial charge in [-0.1, -0.05) is 13.3 Å². The second-order valence-electron chi connectivity index (χ2n) is 5.47. The van der Waals surface area contributed by atoms with Crippen LogP contribution in [-0.4, -0.2) is 41.0 Å². The van der Waals surface area contributed by atoms with Crippen LogP contribution in [-0.2, 0) is 9.59 Å². The molecule has 1 heterocycles. The second-order valence-corrected chi connectivity index (χ2v) is 5.47. The first kappa shape index (κ1) is 13.3. The highest BCUT2D eigenvalue weighted by molar-refractivity contribution is 5.86. The van der Waals surface area contributed by atoms with Gasteiger partial charge < -0.3 is 15.7 Å². The van der Waals surface area contributed by atoms with Crippen LogP contribution in [0.5, 0.6) is 0 Å². The SMILES string of the molecule is CCC(CN)C(=O)N1CC2CCCC2C1C(=O)O. The molecular weight excluding hydrogens is 232 g/mol. The highest BCUT2D eigenvalue weighted by Gasteiger charge is 2.50. The van der Waals surface area contributed by atoms with E-state index in [-0.39, 0.29) is 17.7 Å². The third-order valence-electron chi connectivity index (χ3n) is 4.55. The number of carbonyl (C=O) groups is 2. The van der Waals surface area contributed by atoms with Crippen LogP contribution in [0.15, 0.2) is 0 Å². The predicted molar refractivity (Wildman–Crippen MR) is 66.8 cm³/mol. The smallest absolute Gasteiger partial charge is 0.326 e. The van der Waals surface area contributed by atoms with Crippen LogP contribution in [0.4, 0.5) is 0 Å². The number of nitrogens with zero attached hydrogens (tertiary/aromatic N) is 1. The monoisotopic (exact) mass is 254 g/mol. The molecule has 1 aliphatic carbocycles. The van der Waals surface area contributed by atoms with E-state index in [1.807, 2.05) is 6.92 Å². The Morgan fingerprint density at radius 1 is 1.44 bits per heavy atom. The van der Waals surface area contributed by atoms with Crippen molar-refractivity contribution in [2.45, 2.75) is 38.6 Å². The van der Waals surface area contributed by atoms with Crippen molar-refractivity contribution in [3.05, 3.63) is 0 Å². The van der Waals surface area contributed by atoms with Gasteiger partial charge in [-0.3, -0.25) is 4.79 Å². The van der Waals surface area contributed by atoms with Crippen LogP contribution in [0, 0.1) is 17.8 Å². The predicted octanol–water partition coefficient (Wildman–Crippen LogP) is 0.683. The first-order valence-electron chi connectivity index (χ1n) is 6.83. The fourth-order valence-electron chi connectivity index (χ4n) is 3.53. The van der Waals surface area contributed by atoms with Gasteiger partial charge in [0.15, 0.2) is 0 Å². The quantitative estimate of drug-likeness (QED) is 0.773. The van der Waals surface area contributed by atoms with E-state index in [0.29, 0.717) is 25.4 Å². The summed E-state index contributed by atoms with van der Waals surface area (Å²) < 4.78 is 0. The molecule has 3 N–H and O–H groups in total. The van der Waals surface area contributed by atoms with E-state index < -0.39 is 12.0 Å². The molecule has 1 saturated heterocycles. The number of carboxylic acid groups (broad SMARTS) is 1. The molecule has 0 aromatic rings. The Morgan fingerprint density at radius 3 is 2.72 bits per heavy atom. The summed E-state index contributed by atoms with van der Waals surface area (Å²) in [6.45, 7) is 2.83. The van der Waals surface area contributed by atoms with Gasteiger partial charge in [0.25, 0.3) is 0 Å². The summed E-state index contributed by atoms with van der Waals surface area (Å²) in [6, 6.07) is -0.620. The maximum Gasteiger partial charge on any atom is 0.326 e. The molecule has 0 radical (unpaired) electrons. The molecule has 4 atom stereocenters. The molecule has 0 aromatic carbocycles. The fourth-order valence-corrected chi connectivity index (χ4v) is 3.53. The number of amides is 1. The Morgan fingerprint density at radius 2 is 2.17 bits per heavy atom. The lowest BCUT2D eigenvalue weighted by Crippen LogP contribution is -2.47. The number of carboxylic acids is 1. The average molecular weight is 254 g/mol. The summed E-state index contributed by atoms with van der Waals surface area (Å²) in [7, 11) is 0. The molecule has 1 saturated carbocycles. The zero-order chi connectivity index (χ0) is 13.3. The van der Waals surface area contributed by atoms with Crippen LogP contribution >= 0.6 is 0 Å². The molecule has 2 aliphatic rings. The van der Waals surface area contributed by atoms with Crippen LogP contribution in [0.25, 0.3) is 0 Å². The highest BCUT2D eigenvalue weighted by Crippen LogP contribution is 2.42. The largest absolute Gasteiger partial charge is 0.480 e. The van der Waals surface area contributed by atoms with E-state index in [1.165, 1.54) is 0 Å². The zero-order valence-corrected chi connectivity index (χ0v) is 10.8.